The molecule has 34 heavy (non-hydrogen) atoms. The lowest BCUT2D eigenvalue weighted by Gasteiger charge is -2.37. The second kappa shape index (κ2) is 8.61. The van der Waals surface area contributed by atoms with Crippen LogP contribution < -0.4 is 21.4 Å². The Hall–Kier alpha value is -3.64. The highest BCUT2D eigenvalue weighted by atomic mass is 35.5. The summed E-state index contributed by atoms with van der Waals surface area (Å²) in [6.07, 6.45) is 0.747. The minimum absolute atomic E-state index is 0.00318. The van der Waals surface area contributed by atoms with Crippen molar-refractivity contribution in [3.8, 4) is 5.82 Å². The van der Waals surface area contributed by atoms with Gasteiger partial charge in [0, 0.05) is 37.5 Å². The molecule has 178 valence electrons. The molecule has 0 bridgehead atoms. The number of anilines is 2. The Morgan fingerprint density at radius 2 is 1.91 bits per heavy atom. The SMILES string of the molecule is CNCC(F)=C1CN(c2c(F)cc3c(=O)c(C(=O)O)cn(-c4nc(N)c(F)cc4F)c3c2Cl)C1. The molecule has 0 atom stereocenters. The molecule has 4 N–H and O–H groups in total. The molecule has 1 saturated heterocycles. The van der Waals surface area contributed by atoms with Gasteiger partial charge in [-0.25, -0.2) is 27.3 Å². The van der Waals surface area contributed by atoms with E-state index in [4.69, 9.17) is 17.3 Å². The lowest BCUT2D eigenvalue weighted by atomic mass is 10.0. The lowest BCUT2D eigenvalue weighted by Crippen LogP contribution is -2.42. The van der Waals surface area contributed by atoms with Crippen LogP contribution in [0.1, 0.15) is 10.4 Å². The van der Waals surface area contributed by atoms with Gasteiger partial charge in [-0.15, -0.1) is 0 Å². The number of halogens is 5. The predicted octanol–water partition coefficient (Wildman–Crippen LogP) is 3.00. The molecule has 1 fully saturated rings. The first-order valence-electron chi connectivity index (χ1n) is 9.73. The molecule has 8 nitrogen and oxygen atoms in total. The summed E-state index contributed by atoms with van der Waals surface area (Å²) in [5.41, 5.74) is 3.46. The second-order valence-corrected chi connectivity index (χ2v) is 7.90. The van der Waals surface area contributed by atoms with E-state index >= 15 is 4.39 Å². The monoisotopic (exact) mass is 497 g/mol. The lowest BCUT2D eigenvalue weighted by molar-refractivity contribution is 0.0695. The summed E-state index contributed by atoms with van der Waals surface area (Å²) >= 11 is 6.46. The fourth-order valence-electron chi connectivity index (χ4n) is 3.68. The molecule has 13 heteroatoms. The zero-order valence-electron chi connectivity index (χ0n) is 17.4. The minimum atomic E-state index is -1.67. The van der Waals surface area contributed by atoms with Crippen LogP contribution in [0.5, 0.6) is 0 Å². The molecule has 1 aliphatic rings. The summed E-state index contributed by atoms with van der Waals surface area (Å²) in [5.74, 6) is -6.80. The van der Waals surface area contributed by atoms with Gasteiger partial charge in [0.25, 0.3) is 0 Å². The van der Waals surface area contributed by atoms with Crippen molar-refractivity contribution in [2.45, 2.75) is 0 Å². The van der Waals surface area contributed by atoms with Gasteiger partial charge in [-0.3, -0.25) is 9.36 Å². The number of carboxylic acids is 1. The number of hydrogen-bond acceptors (Lipinski definition) is 6. The summed E-state index contributed by atoms with van der Waals surface area (Å²) in [7, 11) is 1.57. The van der Waals surface area contributed by atoms with Crippen molar-refractivity contribution >= 4 is 40.0 Å². The fourth-order valence-corrected chi connectivity index (χ4v) is 4.08. The summed E-state index contributed by atoms with van der Waals surface area (Å²) in [6.45, 7) is -0.00202. The van der Waals surface area contributed by atoms with E-state index in [1.54, 1.807) is 7.05 Å². The van der Waals surface area contributed by atoms with Gasteiger partial charge < -0.3 is 21.1 Å². The zero-order valence-corrected chi connectivity index (χ0v) is 18.2. The maximum Gasteiger partial charge on any atom is 0.341 e. The quantitative estimate of drug-likeness (QED) is 0.464. The van der Waals surface area contributed by atoms with Crippen molar-refractivity contribution < 1.29 is 27.5 Å². The Bertz CT molecular complexity index is 1450. The van der Waals surface area contributed by atoms with Crippen LogP contribution in [-0.2, 0) is 0 Å². The highest BCUT2D eigenvalue weighted by Gasteiger charge is 2.31. The largest absolute Gasteiger partial charge is 0.477 e. The average Bonchev–Trinajstić information content (AvgIpc) is 2.72. The van der Waals surface area contributed by atoms with Crippen molar-refractivity contribution in [3.05, 3.63) is 68.0 Å². The van der Waals surface area contributed by atoms with Crippen molar-refractivity contribution in [1.29, 1.82) is 0 Å². The Morgan fingerprint density at radius 1 is 1.24 bits per heavy atom. The molecule has 2 aromatic heterocycles. The molecule has 4 rings (SSSR count). The van der Waals surface area contributed by atoms with Gasteiger partial charge >= 0.3 is 5.97 Å². The Morgan fingerprint density at radius 3 is 2.53 bits per heavy atom. The van der Waals surface area contributed by atoms with Gasteiger partial charge in [-0.2, -0.15) is 0 Å². The van der Waals surface area contributed by atoms with E-state index in [1.165, 1.54) is 4.90 Å². The van der Waals surface area contributed by atoms with Crippen molar-refractivity contribution in [2.24, 2.45) is 0 Å². The Labute approximate surface area is 193 Å². The highest BCUT2D eigenvalue weighted by molar-refractivity contribution is 6.38. The van der Waals surface area contributed by atoms with Crippen LogP contribution in [-0.4, -0.2) is 47.3 Å². The van der Waals surface area contributed by atoms with Crippen LogP contribution in [0.3, 0.4) is 0 Å². The fraction of sp³-hybridized carbons (Fsp3) is 0.190. The summed E-state index contributed by atoms with van der Waals surface area (Å²) in [5, 5.41) is 11.2. The molecule has 0 saturated carbocycles. The molecule has 0 radical (unpaired) electrons. The molecule has 3 aromatic rings. The van der Waals surface area contributed by atoms with E-state index in [0.29, 0.717) is 11.6 Å². The first-order chi connectivity index (χ1) is 16.0. The molecular weight excluding hydrogens is 482 g/mol. The number of fused-ring (bicyclic) bond motifs is 1. The maximum absolute atomic E-state index is 15.1. The normalized spacial score (nSPS) is 13.4. The number of hydrogen-bond donors (Lipinski definition) is 3. The molecule has 1 aromatic carbocycles. The van der Waals surface area contributed by atoms with Crippen molar-refractivity contribution in [2.75, 3.05) is 37.3 Å². The topological polar surface area (TPSA) is 113 Å². The highest BCUT2D eigenvalue weighted by Crippen LogP contribution is 2.40. The number of nitrogen functional groups attached to an aromatic ring is 1. The minimum Gasteiger partial charge on any atom is -0.477 e. The van der Waals surface area contributed by atoms with Crippen LogP contribution in [0.2, 0.25) is 5.02 Å². The number of aromatic nitrogens is 2. The first kappa shape index (κ1) is 23.5. The number of benzene rings is 1. The van der Waals surface area contributed by atoms with Gasteiger partial charge in [0.2, 0.25) is 5.43 Å². The number of likely N-dealkylation sites (N-methyl/N-ethyl adjacent to an activating group) is 1. The number of rotatable bonds is 5. The van der Waals surface area contributed by atoms with Gasteiger partial charge in [-0.1, -0.05) is 11.6 Å². The van der Waals surface area contributed by atoms with E-state index in [0.717, 1.165) is 16.8 Å². The zero-order chi connectivity index (χ0) is 24.9. The third-order valence-corrected chi connectivity index (χ3v) is 5.71. The van der Waals surface area contributed by atoms with Crippen molar-refractivity contribution in [1.82, 2.24) is 14.9 Å². The Balaban J connectivity index is 2.01. The van der Waals surface area contributed by atoms with E-state index < -0.39 is 57.3 Å². The number of nitrogens with zero attached hydrogens (tertiary/aromatic N) is 3. The molecule has 1 aliphatic heterocycles. The predicted molar refractivity (Wildman–Crippen MR) is 118 cm³/mol. The van der Waals surface area contributed by atoms with Crippen LogP contribution >= 0.6 is 11.6 Å². The van der Waals surface area contributed by atoms with Gasteiger partial charge in [0.1, 0.15) is 17.2 Å². The molecule has 0 unspecified atom stereocenters. The first-order valence-corrected chi connectivity index (χ1v) is 10.1. The van der Waals surface area contributed by atoms with E-state index in [-0.39, 0.29) is 35.9 Å². The summed E-state index contributed by atoms with van der Waals surface area (Å²) < 4.78 is 58.2. The smallest absolute Gasteiger partial charge is 0.341 e. The average molecular weight is 498 g/mol. The van der Waals surface area contributed by atoms with Crippen LogP contribution in [0.25, 0.3) is 16.7 Å². The number of nitrogens with one attached hydrogen (secondary N) is 1. The summed E-state index contributed by atoms with van der Waals surface area (Å²) in [6, 6.07) is 1.19. The molecule has 0 amide bonds. The number of aromatic carboxylic acids is 1. The Kier molecular flexibility index (Phi) is 5.96. The van der Waals surface area contributed by atoms with Gasteiger partial charge in [-0.05, 0) is 13.1 Å². The summed E-state index contributed by atoms with van der Waals surface area (Å²) in [4.78, 5) is 29.4. The standard InChI is InChI=1S/C21H16ClF4N5O3/c1-28-4-14(26)8-5-30(6-8)17-11(23)2-9-16(15(17)22)31(7-10(18(9)32)21(33)34)20-13(25)3-12(24)19(27)29-20/h2-3,7,28H,4-6H2,1H3,(H2,27,29)(H,33,34). The molecule has 0 aliphatic carbocycles. The maximum atomic E-state index is 15.1. The van der Waals surface area contributed by atoms with Crippen molar-refractivity contribution in [3.63, 3.8) is 0 Å². The number of nitrogens with two attached hydrogens (primary N) is 1. The number of carbonyl (C=O) groups is 1. The van der Waals surface area contributed by atoms with Crippen LogP contribution in [0.4, 0.5) is 29.1 Å². The third kappa shape index (κ3) is 3.74. The molecular formula is C21H16ClF4N5O3. The van der Waals surface area contributed by atoms with E-state index in [9.17, 15) is 27.9 Å². The van der Waals surface area contributed by atoms with Crippen LogP contribution in [0.15, 0.2) is 34.5 Å². The van der Waals surface area contributed by atoms with Gasteiger partial charge in [0.15, 0.2) is 23.3 Å². The number of carboxylic acid groups (broad SMARTS) is 1. The number of pyridine rings is 2. The van der Waals surface area contributed by atoms with Gasteiger partial charge in [0.05, 0.1) is 21.6 Å². The second-order valence-electron chi connectivity index (χ2n) is 7.52. The van der Waals surface area contributed by atoms with Crippen LogP contribution in [0, 0.1) is 17.5 Å². The molecule has 0 spiro atoms. The molecule has 3 heterocycles. The third-order valence-electron chi connectivity index (χ3n) is 5.35. The van der Waals surface area contributed by atoms with E-state index in [2.05, 4.69) is 10.3 Å². The van der Waals surface area contributed by atoms with E-state index in [1.807, 2.05) is 0 Å².